The fourth-order valence-corrected chi connectivity index (χ4v) is 4.17. The van der Waals surface area contributed by atoms with Crippen LogP contribution in [0.1, 0.15) is 12.5 Å². The summed E-state index contributed by atoms with van der Waals surface area (Å²) in [5, 5.41) is 2.72. The van der Waals surface area contributed by atoms with Crippen LogP contribution in [0.2, 0.25) is 0 Å². The summed E-state index contributed by atoms with van der Waals surface area (Å²) in [5.74, 6) is 0.493. The smallest absolute Gasteiger partial charge is 0.352 e. The number of rotatable bonds is 2. The first-order chi connectivity index (χ1) is 10.7. The number of hydrogen-bond acceptors (Lipinski definition) is 3. The van der Waals surface area contributed by atoms with Gasteiger partial charge in [-0.25, -0.2) is 23.9 Å². The van der Waals surface area contributed by atoms with E-state index in [4.69, 9.17) is 4.74 Å². The molecule has 1 aromatic carbocycles. The first-order valence-corrected chi connectivity index (χ1v) is 7.51. The van der Waals surface area contributed by atoms with Crippen LogP contribution < -0.4 is 11.4 Å². The molecule has 1 saturated carbocycles. The van der Waals surface area contributed by atoms with Crippen molar-refractivity contribution < 1.29 is 4.74 Å². The van der Waals surface area contributed by atoms with Crippen molar-refractivity contribution in [1.29, 1.82) is 0 Å². The van der Waals surface area contributed by atoms with Crippen molar-refractivity contribution in [1.82, 2.24) is 14.3 Å². The van der Waals surface area contributed by atoms with Gasteiger partial charge in [-0.15, -0.1) is 0 Å². The highest BCUT2D eigenvalue weighted by Gasteiger charge is 2.69. The zero-order chi connectivity index (χ0) is 14.9. The lowest BCUT2D eigenvalue weighted by Crippen LogP contribution is -2.33. The number of nitrogens with zero attached hydrogens (tertiary/aromatic N) is 2. The van der Waals surface area contributed by atoms with E-state index in [1.54, 1.807) is 12.1 Å². The molecular formula is C16H15N3O3. The van der Waals surface area contributed by atoms with E-state index in [-0.39, 0.29) is 23.3 Å². The number of aromatic nitrogens is 3. The van der Waals surface area contributed by atoms with Crippen LogP contribution in [0.3, 0.4) is 0 Å². The van der Waals surface area contributed by atoms with Crippen LogP contribution in [0, 0.1) is 11.3 Å². The zero-order valence-corrected chi connectivity index (χ0v) is 11.8. The number of benzene rings is 1. The first-order valence-electron chi connectivity index (χ1n) is 7.51. The summed E-state index contributed by atoms with van der Waals surface area (Å²) < 4.78 is 8.40. The molecule has 2 fully saturated rings. The third-order valence-corrected chi connectivity index (χ3v) is 5.33. The number of para-hydroxylation sites is 1. The third kappa shape index (κ3) is 1.33. The fourth-order valence-electron chi connectivity index (χ4n) is 4.17. The van der Waals surface area contributed by atoms with E-state index in [1.165, 1.54) is 9.25 Å². The topological polar surface area (TPSA) is 69.0 Å². The van der Waals surface area contributed by atoms with Crippen molar-refractivity contribution in [2.45, 2.75) is 18.6 Å². The lowest BCUT2D eigenvalue weighted by Gasteiger charge is -2.20. The fraction of sp³-hybridized carbons (Fsp3) is 0.375. The molecule has 1 saturated heterocycles. The quantitative estimate of drug-likeness (QED) is 0.835. The number of aromatic amines is 1. The molecule has 2 aliphatic carbocycles. The standard InChI is InChI=1S/C16H15N3O3/c20-14-17-19(15(21)18(14)11-4-2-1-3-5-11)12-6-7-13-16(12)8-10(16)9-22-13/h1-7,10,12-13H,8-9H2,(H,17,20)/t10-,12+,13-,16+/m1/s1. The molecule has 1 N–H and O–H groups in total. The van der Waals surface area contributed by atoms with Crippen LogP contribution >= 0.6 is 0 Å². The highest BCUT2D eigenvalue weighted by Crippen LogP contribution is 2.69. The lowest BCUT2D eigenvalue weighted by atomic mass is 9.96. The largest absolute Gasteiger partial charge is 0.373 e. The number of hydrogen-bond donors (Lipinski definition) is 1. The summed E-state index contributed by atoms with van der Waals surface area (Å²) in [6.45, 7) is 0.754. The highest BCUT2D eigenvalue weighted by atomic mass is 16.5. The van der Waals surface area contributed by atoms with Gasteiger partial charge in [-0.3, -0.25) is 0 Å². The summed E-state index contributed by atoms with van der Waals surface area (Å²) in [5.41, 5.74) is -0.159. The molecule has 0 unspecified atom stereocenters. The third-order valence-electron chi connectivity index (χ3n) is 5.33. The highest BCUT2D eigenvalue weighted by molar-refractivity contribution is 5.32. The van der Waals surface area contributed by atoms with Gasteiger partial charge in [0.25, 0.3) is 0 Å². The monoisotopic (exact) mass is 297 g/mol. The summed E-state index contributed by atoms with van der Waals surface area (Å²) in [6, 6.07) is 8.87. The molecule has 6 heteroatoms. The van der Waals surface area contributed by atoms with Crippen LogP contribution in [0.15, 0.2) is 52.1 Å². The molecule has 0 bridgehead atoms. The summed E-state index contributed by atoms with van der Waals surface area (Å²) in [6.07, 6.45) is 5.16. The number of allylic oxidation sites excluding steroid dienone is 1. The van der Waals surface area contributed by atoms with Crippen molar-refractivity contribution in [3.8, 4) is 5.69 Å². The SMILES string of the molecule is O=c1[nH]n([C@H]2C=C[C@H]3OC[C@H]4C[C@]423)c(=O)n1-c1ccccc1. The second-order valence-electron chi connectivity index (χ2n) is 6.34. The molecule has 3 aliphatic rings. The van der Waals surface area contributed by atoms with E-state index >= 15 is 0 Å². The molecule has 1 spiro atoms. The maximum Gasteiger partial charge on any atom is 0.352 e. The Kier molecular flexibility index (Phi) is 2.16. The van der Waals surface area contributed by atoms with Crippen LogP contribution in [0.25, 0.3) is 5.69 Å². The van der Waals surface area contributed by atoms with Gasteiger partial charge in [-0.1, -0.05) is 30.4 Å². The molecule has 4 atom stereocenters. The summed E-state index contributed by atoms with van der Waals surface area (Å²) in [7, 11) is 0. The molecule has 112 valence electrons. The average molecular weight is 297 g/mol. The number of nitrogens with one attached hydrogen (secondary N) is 1. The van der Waals surface area contributed by atoms with Crippen LogP contribution in [-0.2, 0) is 4.74 Å². The molecule has 1 aliphatic heterocycles. The minimum atomic E-state index is -0.402. The van der Waals surface area contributed by atoms with Gasteiger partial charge in [0.05, 0.1) is 24.4 Å². The minimum Gasteiger partial charge on any atom is -0.373 e. The van der Waals surface area contributed by atoms with Gasteiger partial charge in [0, 0.05) is 5.41 Å². The Morgan fingerprint density at radius 3 is 2.77 bits per heavy atom. The molecule has 2 heterocycles. The van der Waals surface area contributed by atoms with Crippen molar-refractivity contribution in [2.24, 2.45) is 11.3 Å². The maximum absolute atomic E-state index is 12.7. The number of H-pyrrole nitrogens is 1. The molecular weight excluding hydrogens is 282 g/mol. The predicted molar refractivity (Wildman–Crippen MR) is 79.1 cm³/mol. The van der Waals surface area contributed by atoms with Crippen LogP contribution in [0.4, 0.5) is 0 Å². The molecule has 0 radical (unpaired) electrons. The second-order valence-corrected chi connectivity index (χ2v) is 6.34. The van der Waals surface area contributed by atoms with Crippen LogP contribution in [0.5, 0.6) is 0 Å². The van der Waals surface area contributed by atoms with Crippen molar-refractivity contribution >= 4 is 0 Å². The predicted octanol–water partition coefficient (Wildman–Crippen LogP) is 0.843. The van der Waals surface area contributed by atoms with Gasteiger partial charge in [-0.05, 0) is 24.5 Å². The minimum absolute atomic E-state index is 0.0182. The lowest BCUT2D eigenvalue weighted by molar-refractivity contribution is 0.0854. The van der Waals surface area contributed by atoms with E-state index in [2.05, 4.69) is 5.10 Å². The van der Waals surface area contributed by atoms with Crippen molar-refractivity contribution in [2.75, 3.05) is 6.61 Å². The molecule has 5 rings (SSSR count). The maximum atomic E-state index is 12.7. The van der Waals surface area contributed by atoms with Gasteiger partial charge in [0.15, 0.2) is 0 Å². The Balaban J connectivity index is 1.65. The number of ether oxygens (including phenoxy) is 1. The van der Waals surface area contributed by atoms with E-state index in [9.17, 15) is 9.59 Å². The van der Waals surface area contributed by atoms with E-state index in [1.807, 2.05) is 30.4 Å². The Hall–Kier alpha value is -2.34. The normalized spacial score (nSPS) is 34.6. The van der Waals surface area contributed by atoms with E-state index in [0.717, 1.165) is 13.0 Å². The average Bonchev–Trinajstić information content (AvgIpc) is 2.82. The van der Waals surface area contributed by atoms with E-state index in [0.29, 0.717) is 11.6 Å². The molecule has 2 aromatic rings. The Labute approximate surface area is 125 Å². The molecule has 6 nitrogen and oxygen atoms in total. The second kappa shape index (κ2) is 3.89. The van der Waals surface area contributed by atoms with E-state index < -0.39 is 5.69 Å². The van der Waals surface area contributed by atoms with Crippen molar-refractivity contribution in [3.63, 3.8) is 0 Å². The first kappa shape index (κ1) is 12.2. The van der Waals surface area contributed by atoms with Gasteiger partial charge in [-0.2, -0.15) is 0 Å². The van der Waals surface area contributed by atoms with Gasteiger partial charge in [0.2, 0.25) is 0 Å². The summed E-state index contributed by atoms with van der Waals surface area (Å²) >= 11 is 0. The molecule has 1 aromatic heterocycles. The zero-order valence-electron chi connectivity index (χ0n) is 11.8. The van der Waals surface area contributed by atoms with Gasteiger partial charge >= 0.3 is 11.4 Å². The van der Waals surface area contributed by atoms with Gasteiger partial charge in [0.1, 0.15) is 0 Å². The summed E-state index contributed by atoms with van der Waals surface area (Å²) in [4.78, 5) is 25.0. The Morgan fingerprint density at radius 2 is 2.00 bits per heavy atom. The van der Waals surface area contributed by atoms with Crippen LogP contribution in [-0.4, -0.2) is 27.1 Å². The molecule has 0 amide bonds. The Morgan fingerprint density at radius 1 is 1.18 bits per heavy atom. The van der Waals surface area contributed by atoms with Gasteiger partial charge < -0.3 is 4.74 Å². The molecule has 22 heavy (non-hydrogen) atoms. The van der Waals surface area contributed by atoms with Crippen molar-refractivity contribution in [3.05, 3.63) is 63.5 Å². The Bertz CT molecular complexity index is 891.